The molecule has 0 radical (unpaired) electrons. The van der Waals surface area contributed by atoms with E-state index in [0.29, 0.717) is 41.5 Å². The molecule has 266 valence electrons. The third-order valence-corrected chi connectivity index (χ3v) is 7.54. The fourth-order valence-corrected chi connectivity index (χ4v) is 5.16. The molecule has 5 rings (SSSR count). The normalized spacial score (nSPS) is 16.3. The smallest absolute Gasteiger partial charge is 0.320 e. The highest BCUT2D eigenvalue weighted by Crippen LogP contribution is 2.33. The molecule has 50 heavy (non-hydrogen) atoms. The standard InChI is InChI=1S/C33H38F2N8O7/c1-19-26(20-13-23(31(48-5)37-15-20)30(44)41-49-18-33(2,3)46)40-43(22-9-7-6-8-10-22)29(19)39-32(45)38-25-17-42(11-12-47-4)50-27(25)21-14-24(34)28(35)36-16-21/h6-10,13-16,25,27,46H,11-12,17-18H2,1-5H3,(H,41,44)(H2,38,39,45)/t25-,27+/m1/s1. The minimum absolute atomic E-state index is 0.0279. The number of rotatable bonds is 13. The quantitative estimate of drug-likeness (QED) is 0.119. The molecule has 1 aliphatic heterocycles. The summed E-state index contributed by atoms with van der Waals surface area (Å²) < 4.78 is 39.7. The molecule has 1 aromatic carbocycles. The number of aromatic nitrogens is 4. The van der Waals surface area contributed by atoms with Crippen LogP contribution in [0.4, 0.5) is 19.4 Å². The summed E-state index contributed by atoms with van der Waals surface area (Å²) >= 11 is 0. The Morgan fingerprint density at radius 1 is 1.12 bits per heavy atom. The maximum Gasteiger partial charge on any atom is 0.320 e. The fourth-order valence-electron chi connectivity index (χ4n) is 5.16. The summed E-state index contributed by atoms with van der Waals surface area (Å²) in [5, 5.41) is 22.0. The van der Waals surface area contributed by atoms with Gasteiger partial charge < -0.3 is 19.9 Å². The van der Waals surface area contributed by atoms with E-state index in [-0.39, 0.29) is 30.2 Å². The molecule has 0 saturated carbocycles. The molecule has 1 aliphatic rings. The molecule has 0 bridgehead atoms. The fraction of sp³-hybridized carbons (Fsp3) is 0.364. The number of nitrogens with one attached hydrogen (secondary N) is 3. The summed E-state index contributed by atoms with van der Waals surface area (Å²) in [4.78, 5) is 45.6. The monoisotopic (exact) mass is 696 g/mol. The van der Waals surface area contributed by atoms with E-state index in [1.165, 1.54) is 45.0 Å². The highest BCUT2D eigenvalue weighted by Gasteiger charge is 2.37. The number of hydrogen-bond acceptors (Lipinski definition) is 11. The van der Waals surface area contributed by atoms with Crippen LogP contribution in [0.2, 0.25) is 0 Å². The molecule has 0 aliphatic carbocycles. The zero-order valence-electron chi connectivity index (χ0n) is 28.1. The molecule has 0 spiro atoms. The van der Waals surface area contributed by atoms with Crippen molar-refractivity contribution in [1.82, 2.24) is 35.6 Å². The van der Waals surface area contributed by atoms with Crippen LogP contribution in [0.3, 0.4) is 0 Å². The molecule has 0 unspecified atom stereocenters. The van der Waals surface area contributed by atoms with E-state index in [4.69, 9.17) is 24.2 Å². The molecule has 4 aromatic rings. The number of para-hydroxylation sites is 1. The van der Waals surface area contributed by atoms with Crippen molar-refractivity contribution in [3.05, 3.63) is 83.3 Å². The molecular formula is C33H38F2N8O7. The number of hydroxylamine groups is 3. The number of methoxy groups -OCH3 is 2. The number of carbonyl (C=O) groups excluding carboxylic acids is 2. The molecule has 4 N–H and O–H groups in total. The van der Waals surface area contributed by atoms with E-state index >= 15 is 0 Å². The van der Waals surface area contributed by atoms with Crippen LogP contribution in [0.5, 0.6) is 5.88 Å². The number of carbonyl (C=O) groups is 2. The molecule has 3 aromatic heterocycles. The van der Waals surface area contributed by atoms with Gasteiger partial charge in [0, 0.05) is 49.3 Å². The number of benzene rings is 1. The minimum Gasteiger partial charge on any atom is -0.480 e. The van der Waals surface area contributed by atoms with E-state index in [2.05, 4.69) is 26.1 Å². The van der Waals surface area contributed by atoms with Gasteiger partial charge >= 0.3 is 6.03 Å². The van der Waals surface area contributed by atoms with Crippen LogP contribution in [-0.2, 0) is 14.4 Å². The Kier molecular flexibility index (Phi) is 11.3. The van der Waals surface area contributed by atoms with Gasteiger partial charge in [0.2, 0.25) is 11.8 Å². The highest BCUT2D eigenvalue weighted by molar-refractivity contribution is 5.97. The summed E-state index contributed by atoms with van der Waals surface area (Å²) in [6, 6.07) is 10.2. The van der Waals surface area contributed by atoms with Gasteiger partial charge in [0.15, 0.2) is 5.82 Å². The van der Waals surface area contributed by atoms with Crippen molar-refractivity contribution in [1.29, 1.82) is 0 Å². The minimum atomic E-state index is -1.25. The second-order valence-corrected chi connectivity index (χ2v) is 12.0. The highest BCUT2D eigenvalue weighted by atomic mass is 19.2. The second-order valence-electron chi connectivity index (χ2n) is 12.0. The number of nitrogens with zero attached hydrogens (tertiary/aromatic N) is 5. The lowest BCUT2D eigenvalue weighted by Crippen LogP contribution is -2.42. The largest absolute Gasteiger partial charge is 0.480 e. The maximum atomic E-state index is 14.1. The topological polar surface area (TPSA) is 174 Å². The summed E-state index contributed by atoms with van der Waals surface area (Å²) in [6.45, 7) is 5.54. The third kappa shape index (κ3) is 8.55. The molecule has 15 nitrogen and oxygen atoms in total. The molecule has 3 amide bonds. The number of pyridine rings is 2. The van der Waals surface area contributed by atoms with Crippen LogP contribution >= 0.6 is 0 Å². The van der Waals surface area contributed by atoms with Crippen LogP contribution in [0.1, 0.15) is 41.4 Å². The second kappa shape index (κ2) is 15.6. The predicted octanol–water partition coefficient (Wildman–Crippen LogP) is 3.48. The van der Waals surface area contributed by atoms with Crippen molar-refractivity contribution >= 4 is 17.8 Å². The van der Waals surface area contributed by atoms with Crippen molar-refractivity contribution in [2.45, 2.75) is 38.5 Å². The summed E-state index contributed by atoms with van der Waals surface area (Å²) in [5.74, 6) is -2.72. The number of halogens is 2. The number of hydrogen-bond donors (Lipinski definition) is 4. The first-order valence-corrected chi connectivity index (χ1v) is 15.5. The Morgan fingerprint density at radius 3 is 2.56 bits per heavy atom. The van der Waals surface area contributed by atoms with Crippen LogP contribution in [0.15, 0.2) is 54.9 Å². The first-order chi connectivity index (χ1) is 23.9. The summed E-state index contributed by atoms with van der Waals surface area (Å²) in [7, 11) is 2.90. The Bertz CT molecular complexity index is 1820. The first-order valence-electron chi connectivity index (χ1n) is 15.5. The molecule has 17 heteroatoms. The molecule has 2 atom stereocenters. The Morgan fingerprint density at radius 2 is 1.88 bits per heavy atom. The summed E-state index contributed by atoms with van der Waals surface area (Å²) in [6.07, 6.45) is 1.76. The van der Waals surface area contributed by atoms with Gasteiger partial charge in [-0.25, -0.2) is 29.3 Å². The Labute approximate surface area is 286 Å². The average Bonchev–Trinajstić information content (AvgIpc) is 3.64. The number of urea groups is 1. The molecule has 1 saturated heterocycles. The van der Waals surface area contributed by atoms with Gasteiger partial charge in [-0.1, -0.05) is 18.2 Å². The van der Waals surface area contributed by atoms with Crippen LogP contribution in [-0.4, -0.2) is 94.0 Å². The van der Waals surface area contributed by atoms with Gasteiger partial charge in [-0.15, -0.1) is 0 Å². The predicted molar refractivity (Wildman–Crippen MR) is 175 cm³/mol. The van der Waals surface area contributed by atoms with Crippen molar-refractivity contribution in [2.75, 3.05) is 45.8 Å². The van der Waals surface area contributed by atoms with E-state index in [1.807, 2.05) is 18.2 Å². The number of aliphatic hydroxyl groups is 1. The average molecular weight is 697 g/mol. The van der Waals surface area contributed by atoms with E-state index < -0.39 is 41.5 Å². The van der Waals surface area contributed by atoms with E-state index in [1.54, 1.807) is 24.1 Å². The molecule has 4 heterocycles. The van der Waals surface area contributed by atoms with Crippen molar-refractivity contribution < 1.29 is 42.6 Å². The lowest BCUT2D eigenvalue weighted by atomic mass is 10.0. The van der Waals surface area contributed by atoms with Crippen molar-refractivity contribution in [2.24, 2.45) is 0 Å². The first kappa shape index (κ1) is 36.2. The van der Waals surface area contributed by atoms with Gasteiger partial charge in [-0.3, -0.25) is 19.8 Å². The van der Waals surface area contributed by atoms with E-state index in [0.717, 1.165) is 12.3 Å². The van der Waals surface area contributed by atoms with Gasteiger partial charge in [-0.05, 0) is 45.0 Å². The Hall–Kier alpha value is -5.07. The summed E-state index contributed by atoms with van der Waals surface area (Å²) in [5.41, 5.74) is 3.36. The lowest BCUT2D eigenvalue weighted by molar-refractivity contribution is -0.154. The van der Waals surface area contributed by atoms with Crippen LogP contribution < -0.4 is 20.9 Å². The van der Waals surface area contributed by atoms with Crippen LogP contribution in [0, 0.1) is 18.7 Å². The van der Waals surface area contributed by atoms with Crippen molar-refractivity contribution in [3.8, 4) is 22.8 Å². The van der Waals surface area contributed by atoms with E-state index in [9.17, 15) is 23.5 Å². The number of ether oxygens (including phenoxy) is 2. The van der Waals surface area contributed by atoms with Gasteiger partial charge in [0.1, 0.15) is 24.1 Å². The van der Waals surface area contributed by atoms with Gasteiger partial charge in [0.05, 0.1) is 36.7 Å². The zero-order chi connectivity index (χ0) is 36.0. The maximum absolute atomic E-state index is 14.1. The lowest BCUT2D eigenvalue weighted by Gasteiger charge is -2.19. The third-order valence-electron chi connectivity index (χ3n) is 7.54. The Balaban J connectivity index is 1.44. The van der Waals surface area contributed by atoms with Crippen LogP contribution in [0.25, 0.3) is 16.9 Å². The molecular weight excluding hydrogens is 658 g/mol. The number of amides is 3. The van der Waals surface area contributed by atoms with Gasteiger partial charge in [-0.2, -0.15) is 14.6 Å². The SMILES string of the molecule is COCCN1C[C@@H](NC(=O)Nc2c(C)c(-c3cnc(OC)c(C(=O)NOCC(C)(C)O)c3)nn2-c2ccccc2)[C@H](c2cnc(F)c(F)c2)O1. The molecule has 1 fully saturated rings. The van der Waals surface area contributed by atoms with Crippen molar-refractivity contribution in [3.63, 3.8) is 0 Å². The zero-order valence-corrected chi connectivity index (χ0v) is 28.1. The number of anilines is 1. The van der Waals surface area contributed by atoms with Gasteiger partial charge in [0.25, 0.3) is 5.91 Å².